The van der Waals surface area contributed by atoms with E-state index in [4.69, 9.17) is 9.15 Å². The van der Waals surface area contributed by atoms with E-state index in [1.165, 1.54) is 0 Å². The Morgan fingerprint density at radius 1 is 1.44 bits per heavy atom. The van der Waals surface area contributed by atoms with E-state index < -0.39 is 0 Å². The lowest BCUT2D eigenvalue weighted by molar-refractivity contribution is -0.134. The summed E-state index contributed by atoms with van der Waals surface area (Å²) in [5, 5.41) is 7.88. The number of hydrogen-bond acceptors (Lipinski definition) is 5. The molecule has 2 aliphatic rings. The van der Waals surface area contributed by atoms with Crippen LogP contribution < -0.4 is 0 Å². The Hall–Kier alpha value is -1.43. The molecule has 18 heavy (non-hydrogen) atoms. The molecule has 1 aromatic rings. The topological polar surface area (TPSA) is 68.5 Å². The van der Waals surface area contributed by atoms with Gasteiger partial charge < -0.3 is 14.1 Å². The van der Waals surface area contributed by atoms with Crippen LogP contribution in [0, 0.1) is 12.8 Å². The molecule has 1 aliphatic heterocycles. The van der Waals surface area contributed by atoms with Crippen molar-refractivity contribution in [1.82, 2.24) is 15.1 Å². The number of nitrogens with zero attached hydrogens (tertiary/aromatic N) is 3. The molecular formula is C12H17N3O3. The largest absolute Gasteiger partial charge is 0.423 e. The zero-order chi connectivity index (χ0) is 12.7. The summed E-state index contributed by atoms with van der Waals surface area (Å²) < 4.78 is 10.8. The number of methoxy groups -OCH3 is 1. The zero-order valence-corrected chi connectivity index (χ0v) is 10.6. The first-order chi connectivity index (χ1) is 8.69. The number of aromatic nitrogens is 2. The number of amides is 1. The fraction of sp³-hybridized carbons (Fsp3) is 0.750. The summed E-state index contributed by atoms with van der Waals surface area (Å²) in [5.74, 6) is 1.47. The number of rotatable bonds is 3. The minimum Gasteiger partial charge on any atom is -0.423 e. The number of carbonyl (C=O) groups is 1. The number of carbonyl (C=O) groups excluding carboxylic acids is 1. The Kier molecular flexibility index (Phi) is 2.81. The van der Waals surface area contributed by atoms with Gasteiger partial charge in [-0.3, -0.25) is 4.79 Å². The maximum absolute atomic E-state index is 12.2. The first kappa shape index (κ1) is 11.6. The molecule has 1 amide bonds. The fourth-order valence-corrected chi connectivity index (χ4v) is 2.46. The van der Waals surface area contributed by atoms with Crippen LogP contribution >= 0.6 is 0 Å². The molecule has 2 atom stereocenters. The van der Waals surface area contributed by atoms with Crippen LogP contribution in [0.1, 0.15) is 37.1 Å². The molecule has 1 saturated heterocycles. The van der Waals surface area contributed by atoms with Gasteiger partial charge in [0.2, 0.25) is 17.7 Å². The lowest BCUT2D eigenvalue weighted by Crippen LogP contribution is -2.33. The summed E-state index contributed by atoms with van der Waals surface area (Å²) in [5.41, 5.74) is 0. The predicted molar refractivity (Wildman–Crippen MR) is 61.6 cm³/mol. The maximum atomic E-state index is 12.2. The van der Waals surface area contributed by atoms with Crippen LogP contribution in [0.15, 0.2) is 4.42 Å². The van der Waals surface area contributed by atoms with E-state index in [0.717, 1.165) is 19.3 Å². The molecule has 0 radical (unpaired) electrons. The van der Waals surface area contributed by atoms with Crippen molar-refractivity contribution in [2.45, 2.75) is 38.3 Å². The highest BCUT2D eigenvalue weighted by atomic mass is 16.5. The Morgan fingerprint density at radius 3 is 2.78 bits per heavy atom. The maximum Gasteiger partial charge on any atom is 0.239 e. The summed E-state index contributed by atoms with van der Waals surface area (Å²) in [6.45, 7) is 2.38. The number of ether oxygens (including phenoxy) is 1. The molecule has 0 N–H and O–H groups in total. The van der Waals surface area contributed by atoms with E-state index in [-0.39, 0.29) is 24.0 Å². The Morgan fingerprint density at radius 2 is 2.22 bits per heavy atom. The van der Waals surface area contributed by atoms with Crippen molar-refractivity contribution in [2.24, 2.45) is 5.92 Å². The number of aryl methyl sites for hydroxylation is 1. The molecular weight excluding hydrogens is 234 g/mol. The fourth-order valence-electron chi connectivity index (χ4n) is 2.46. The highest BCUT2D eigenvalue weighted by Gasteiger charge is 2.44. The molecule has 98 valence electrons. The van der Waals surface area contributed by atoms with Crippen LogP contribution in [0.3, 0.4) is 0 Å². The van der Waals surface area contributed by atoms with E-state index in [9.17, 15) is 4.79 Å². The van der Waals surface area contributed by atoms with Gasteiger partial charge in [-0.1, -0.05) is 0 Å². The quantitative estimate of drug-likeness (QED) is 0.804. The first-order valence-corrected chi connectivity index (χ1v) is 6.32. The van der Waals surface area contributed by atoms with Crippen molar-refractivity contribution < 1.29 is 13.9 Å². The van der Waals surface area contributed by atoms with Crippen LogP contribution in [0.2, 0.25) is 0 Å². The molecule has 0 bridgehead atoms. The third-order valence-electron chi connectivity index (χ3n) is 3.63. The first-order valence-electron chi connectivity index (χ1n) is 6.32. The molecule has 1 aliphatic carbocycles. The molecule has 6 nitrogen and oxygen atoms in total. The van der Waals surface area contributed by atoms with Gasteiger partial charge in [-0.25, -0.2) is 0 Å². The van der Waals surface area contributed by atoms with Crippen LogP contribution in [0.5, 0.6) is 0 Å². The Bertz CT molecular complexity index is 455. The van der Waals surface area contributed by atoms with Crippen molar-refractivity contribution in [3.8, 4) is 0 Å². The van der Waals surface area contributed by atoms with Crippen molar-refractivity contribution in [1.29, 1.82) is 0 Å². The molecule has 0 spiro atoms. The standard InChI is InChI=1S/C12H17N3O3/c1-7-13-14-11(18-7)10-5-9(17-2)6-15(10)12(16)8-3-4-8/h8-10H,3-6H2,1-2H3/t9-,10+/m0/s1. The summed E-state index contributed by atoms with van der Waals surface area (Å²) in [6.07, 6.45) is 2.80. The second-order valence-corrected chi connectivity index (χ2v) is 5.03. The lowest BCUT2D eigenvalue weighted by Gasteiger charge is -2.21. The van der Waals surface area contributed by atoms with E-state index in [1.54, 1.807) is 14.0 Å². The van der Waals surface area contributed by atoms with Crippen LogP contribution in [-0.2, 0) is 9.53 Å². The zero-order valence-electron chi connectivity index (χ0n) is 10.6. The van der Waals surface area contributed by atoms with Crippen molar-refractivity contribution in [2.75, 3.05) is 13.7 Å². The summed E-state index contributed by atoms with van der Waals surface area (Å²) in [6, 6.07) is -0.121. The van der Waals surface area contributed by atoms with Crippen molar-refractivity contribution in [3.05, 3.63) is 11.8 Å². The minimum absolute atomic E-state index is 0.0601. The van der Waals surface area contributed by atoms with E-state index in [2.05, 4.69) is 10.2 Å². The number of hydrogen-bond donors (Lipinski definition) is 0. The Balaban J connectivity index is 1.82. The third kappa shape index (κ3) is 2.01. The molecule has 2 heterocycles. The molecule has 6 heteroatoms. The Labute approximate surface area is 105 Å². The molecule has 0 unspecified atom stereocenters. The highest BCUT2D eigenvalue weighted by molar-refractivity contribution is 5.81. The smallest absolute Gasteiger partial charge is 0.239 e. The number of likely N-dealkylation sites (tertiary alicyclic amines) is 1. The van der Waals surface area contributed by atoms with Gasteiger partial charge in [-0.2, -0.15) is 0 Å². The van der Waals surface area contributed by atoms with Gasteiger partial charge >= 0.3 is 0 Å². The summed E-state index contributed by atoms with van der Waals surface area (Å²) in [4.78, 5) is 14.1. The molecule has 2 fully saturated rings. The molecule has 1 saturated carbocycles. The van der Waals surface area contributed by atoms with Gasteiger partial charge in [-0.05, 0) is 12.8 Å². The minimum atomic E-state index is -0.121. The average Bonchev–Trinajstić information content (AvgIpc) is 2.98. The summed E-state index contributed by atoms with van der Waals surface area (Å²) in [7, 11) is 1.67. The van der Waals surface area contributed by atoms with Crippen LogP contribution in [0.4, 0.5) is 0 Å². The van der Waals surface area contributed by atoms with Gasteiger partial charge in [0, 0.05) is 32.9 Å². The van der Waals surface area contributed by atoms with E-state index in [0.29, 0.717) is 18.3 Å². The van der Waals surface area contributed by atoms with Gasteiger partial charge in [0.1, 0.15) is 6.04 Å². The third-order valence-corrected chi connectivity index (χ3v) is 3.63. The van der Waals surface area contributed by atoms with Crippen LogP contribution in [0.25, 0.3) is 0 Å². The van der Waals surface area contributed by atoms with Crippen molar-refractivity contribution in [3.63, 3.8) is 0 Å². The second-order valence-electron chi connectivity index (χ2n) is 5.03. The van der Waals surface area contributed by atoms with Gasteiger partial charge in [0.15, 0.2) is 0 Å². The molecule has 1 aromatic heterocycles. The van der Waals surface area contributed by atoms with Crippen molar-refractivity contribution >= 4 is 5.91 Å². The average molecular weight is 251 g/mol. The van der Waals surface area contributed by atoms with E-state index in [1.807, 2.05) is 4.90 Å². The van der Waals surface area contributed by atoms with Gasteiger partial charge in [-0.15, -0.1) is 10.2 Å². The van der Waals surface area contributed by atoms with Gasteiger partial charge in [0.05, 0.1) is 6.10 Å². The SMILES string of the molecule is CO[C@H]1C[C@H](c2nnc(C)o2)N(C(=O)C2CC2)C1. The normalized spacial score (nSPS) is 27.8. The lowest BCUT2D eigenvalue weighted by atomic mass is 10.2. The monoisotopic (exact) mass is 251 g/mol. The predicted octanol–water partition coefficient (Wildman–Crippen LogP) is 1.08. The molecule has 0 aromatic carbocycles. The highest BCUT2D eigenvalue weighted by Crippen LogP contribution is 2.38. The second kappa shape index (κ2) is 4.35. The summed E-state index contributed by atoms with van der Waals surface area (Å²) >= 11 is 0. The van der Waals surface area contributed by atoms with E-state index >= 15 is 0 Å². The molecule has 3 rings (SSSR count). The van der Waals surface area contributed by atoms with Gasteiger partial charge in [0.25, 0.3) is 0 Å². The van der Waals surface area contributed by atoms with Crippen LogP contribution in [-0.4, -0.2) is 40.8 Å².